The molecule has 6 heteroatoms. The molecule has 0 unspecified atom stereocenters. The zero-order chi connectivity index (χ0) is 19.2. The lowest BCUT2D eigenvalue weighted by Gasteiger charge is -2.19. The second-order valence-corrected chi connectivity index (χ2v) is 7.28. The van der Waals surface area contributed by atoms with Gasteiger partial charge in [0.15, 0.2) is 0 Å². The maximum atomic E-state index is 12.3. The van der Waals surface area contributed by atoms with Gasteiger partial charge in [-0.1, -0.05) is 29.8 Å². The van der Waals surface area contributed by atoms with Crippen molar-refractivity contribution in [1.82, 2.24) is 5.32 Å². The minimum atomic E-state index is -0.584. The number of rotatable bonds is 5. The largest absolute Gasteiger partial charge is 0.444 e. The highest BCUT2D eigenvalue weighted by molar-refractivity contribution is 6.30. The van der Waals surface area contributed by atoms with Gasteiger partial charge >= 0.3 is 6.09 Å². The number of nitrogens with one attached hydrogen (secondary N) is 2. The standard InChI is InChI=1S/C20H23ClN2O3/c1-20(2,3)26-19(25)23-17-9-5-7-15(13-17)18(24)22-11-10-14-6-4-8-16(21)12-14/h4-9,12-13H,10-11H2,1-3H3,(H,22,24)(H,23,25). The number of benzene rings is 2. The van der Waals surface area contributed by atoms with Crippen LogP contribution in [-0.2, 0) is 11.2 Å². The molecule has 0 aliphatic carbocycles. The first-order valence-corrected chi connectivity index (χ1v) is 8.73. The highest BCUT2D eigenvalue weighted by Gasteiger charge is 2.16. The van der Waals surface area contributed by atoms with E-state index in [0.717, 1.165) is 5.56 Å². The number of hydrogen-bond donors (Lipinski definition) is 2. The molecule has 0 heterocycles. The number of ether oxygens (including phenoxy) is 1. The van der Waals surface area contributed by atoms with Gasteiger partial charge in [0, 0.05) is 22.8 Å². The molecule has 5 nitrogen and oxygen atoms in total. The smallest absolute Gasteiger partial charge is 0.412 e. The summed E-state index contributed by atoms with van der Waals surface area (Å²) < 4.78 is 5.20. The van der Waals surface area contributed by atoms with Gasteiger partial charge in [0.1, 0.15) is 5.60 Å². The lowest BCUT2D eigenvalue weighted by molar-refractivity contribution is 0.0635. The molecule has 0 aromatic heterocycles. The van der Waals surface area contributed by atoms with Gasteiger partial charge < -0.3 is 10.1 Å². The minimum absolute atomic E-state index is 0.208. The summed E-state index contributed by atoms with van der Waals surface area (Å²) in [7, 11) is 0. The first-order valence-electron chi connectivity index (χ1n) is 8.36. The van der Waals surface area contributed by atoms with Crippen molar-refractivity contribution >= 4 is 29.3 Å². The molecule has 0 aliphatic rings. The van der Waals surface area contributed by atoms with Crippen molar-refractivity contribution in [3.8, 4) is 0 Å². The van der Waals surface area contributed by atoms with E-state index in [1.165, 1.54) is 0 Å². The number of hydrogen-bond acceptors (Lipinski definition) is 3. The van der Waals surface area contributed by atoms with Gasteiger partial charge in [0.25, 0.3) is 5.91 Å². The molecule has 0 saturated heterocycles. The molecule has 0 aliphatic heterocycles. The molecule has 2 aromatic carbocycles. The third-order valence-corrected chi connectivity index (χ3v) is 3.59. The fraction of sp³-hybridized carbons (Fsp3) is 0.300. The molecular weight excluding hydrogens is 352 g/mol. The van der Waals surface area contributed by atoms with E-state index >= 15 is 0 Å². The first-order chi connectivity index (χ1) is 12.2. The van der Waals surface area contributed by atoms with Crippen LogP contribution in [0.2, 0.25) is 5.02 Å². The summed E-state index contributed by atoms with van der Waals surface area (Å²) in [5, 5.41) is 6.16. The van der Waals surface area contributed by atoms with Crippen molar-refractivity contribution in [2.75, 3.05) is 11.9 Å². The van der Waals surface area contributed by atoms with E-state index in [9.17, 15) is 9.59 Å². The van der Waals surface area contributed by atoms with Gasteiger partial charge in [0.05, 0.1) is 0 Å². The second kappa shape index (κ2) is 8.72. The summed E-state index contributed by atoms with van der Waals surface area (Å²) in [6.45, 7) is 5.85. The predicted octanol–water partition coefficient (Wildman–Crippen LogP) is 4.66. The zero-order valence-electron chi connectivity index (χ0n) is 15.1. The van der Waals surface area contributed by atoms with Crippen molar-refractivity contribution in [2.24, 2.45) is 0 Å². The van der Waals surface area contributed by atoms with Gasteiger partial charge in [0.2, 0.25) is 0 Å². The number of carbonyl (C=O) groups excluding carboxylic acids is 2. The van der Waals surface area contributed by atoms with Crippen molar-refractivity contribution in [1.29, 1.82) is 0 Å². The Morgan fingerprint density at radius 3 is 2.50 bits per heavy atom. The van der Waals surface area contributed by atoms with E-state index in [1.54, 1.807) is 45.0 Å². The topological polar surface area (TPSA) is 67.4 Å². The quantitative estimate of drug-likeness (QED) is 0.799. The van der Waals surface area contributed by atoms with Crippen LogP contribution in [0, 0.1) is 0 Å². The molecule has 26 heavy (non-hydrogen) atoms. The lowest BCUT2D eigenvalue weighted by Crippen LogP contribution is -2.28. The molecule has 0 atom stereocenters. The van der Waals surface area contributed by atoms with Crippen molar-refractivity contribution in [3.05, 3.63) is 64.7 Å². The van der Waals surface area contributed by atoms with Crippen molar-refractivity contribution in [3.63, 3.8) is 0 Å². The van der Waals surface area contributed by atoms with Gasteiger partial charge in [-0.2, -0.15) is 0 Å². The molecule has 0 saturated carbocycles. The summed E-state index contributed by atoms with van der Waals surface area (Å²) in [4.78, 5) is 24.1. The normalized spacial score (nSPS) is 10.9. The summed E-state index contributed by atoms with van der Waals surface area (Å²) in [6.07, 6.45) is 0.123. The first kappa shape index (κ1) is 19.8. The van der Waals surface area contributed by atoms with Crippen molar-refractivity contribution in [2.45, 2.75) is 32.8 Å². The van der Waals surface area contributed by atoms with E-state index in [1.807, 2.05) is 24.3 Å². The maximum Gasteiger partial charge on any atom is 0.412 e. The maximum absolute atomic E-state index is 12.3. The second-order valence-electron chi connectivity index (χ2n) is 6.84. The average Bonchev–Trinajstić information content (AvgIpc) is 2.53. The Morgan fingerprint density at radius 2 is 1.81 bits per heavy atom. The fourth-order valence-corrected chi connectivity index (χ4v) is 2.49. The third-order valence-electron chi connectivity index (χ3n) is 3.36. The van der Waals surface area contributed by atoms with Gasteiger partial charge in [-0.25, -0.2) is 4.79 Å². The van der Waals surface area contributed by atoms with E-state index in [-0.39, 0.29) is 5.91 Å². The Balaban J connectivity index is 1.90. The Bertz CT molecular complexity index is 785. The Kier molecular flexibility index (Phi) is 6.64. The summed E-state index contributed by atoms with van der Waals surface area (Å²) in [6, 6.07) is 14.2. The molecule has 138 valence electrons. The van der Waals surface area contributed by atoms with Gasteiger partial charge in [-0.3, -0.25) is 10.1 Å². The molecule has 0 spiro atoms. The van der Waals surface area contributed by atoms with Crippen LogP contribution in [0.3, 0.4) is 0 Å². The Labute approximate surface area is 158 Å². The molecule has 0 radical (unpaired) electrons. The Morgan fingerprint density at radius 1 is 1.08 bits per heavy atom. The van der Waals surface area contributed by atoms with Crippen LogP contribution in [0.15, 0.2) is 48.5 Å². The SMILES string of the molecule is CC(C)(C)OC(=O)Nc1cccc(C(=O)NCCc2cccc(Cl)c2)c1. The van der Waals surface area contributed by atoms with E-state index in [4.69, 9.17) is 16.3 Å². The van der Waals surface area contributed by atoms with Gasteiger partial charge in [-0.15, -0.1) is 0 Å². The van der Waals surface area contributed by atoms with E-state index in [0.29, 0.717) is 29.2 Å². The van der Waals surface area contributed by atoms with Crippen LogP contribution in [-0.4, -0.2) is 24.1 Å². The van der Waals surface area contributed by atoms with Crippen LogP contribution >= 0.6 is 11.6 Å². The third kappa shape index (κ3) is 6.76. The minimum Gasteiger partial charge on any atom is -0.444 e. The zero-order valence-corrected chi connectivity index (χ0v) is 15.9. The molecular formula is C20H23ClN2O3. The number of amides is 2. The predicted molar refractivity (Wildman–Crippen MR) is 104 cm³/mol. The molecule has 2 amide bonds. The monoisotopic (exact) mass is 374 g/mol. The molecule has 2 N–H and O–H groups in total. The summed E-state index contributed by atoms with van der Waals surface area (Å²) in [5.74, 6) is -0.208. The summed E-state index contributed by atoms with van der Waals surface area (Å²) in [5.41, 5.74) is 1.43. The van der Waals surface area contributed by atoms with Crippen LogP contribution in [0.25, 0.3) is 0 Å². The molecule has 2 rings (SSSR count). The van der Waals surface area contributed by atoms with Crippen LogP contribution in [0.1, 0.15) is 36.7 Å². The highest BCUT2D eigenvalue weighted by atomic mass is 35.5. The van der Waals surface area contributed by atoms with Crippen molar-refractivity contribution < 1.29 is 14.3 Å². The number of halogens is 1. The summed E-state index contributed by atoms with van der Waals surface area (Å²) >= 11 is 5.95. The average molecular weight is 375 g/mol. The Hall–Kier alpha value is -2.53. The number of anilines is 1. The molecule has 0 fully saturated rings. The number of carbonyl (C=O) groups is 2. The van der Waals surface area contributed by atoms with E-state index in [2.05, 4.69) is 10.6 Å². The lowest BCUT2D eigenvalue weighted by atomic mass is 10.1. The molecule has 2 aromatic rings. The van der Waals surface area contributed by atoms with E-state index < -0.39 is 11.7 Å². The van der Waals surface area contributed by atoms with Crippen LogP contribution in [0.4, 0.5) is 10.5 Å². The molecule has 0 bridgehead atoms. The fourth-order valence-electron chi connectivity index (χ4n) is 2.27. The van der Waals surface area contributed by atoms with Crippen LogP contribution < -0.4 is 10.6 Å². The van der Waals surface area contributed by atoms with Gasteiger partial charge in [-0.05, 0) is 63.1 Å². The highest BCUT2D eigenvalue weighted by Crippen LogP contribution is 2.14. The van der Waals surface area contributed by atoms with Crippen LogP contribution in [0.5, 0.6) is 0 Å².